The Bertz CT molecular complexity index is 1490. The molecule has 2 aliphatic heterocycles. The van der Waals surface area contributed by atoms with Gasteiger partial charge >= 0.3 is 0 Å². The lowest BCUT2D eigenvalue weighted by Crippen LogP contribution is -2.29. The van der Waals surface area contributed by atoms with Gasteiger partial charge in [0, 0.05) is 40.0 Å². The highest BCUT2D eigenvalue weighted by Crippen LogP contribution is 2.46. The topological polar surface area (TPSA) is 51.6 Å². The molecule has 36 heavy (non-hydrogen) atoms. The molecule has 1 saturated heterocycles. The van der Waals surface area contributed by atoms with Crippen molar-refractivity contribution < 1.29 is 9.47 Å². The van der Waals surface area contributed by atoms with Crippen molar-refractivity contribution in [3.05, 3.63) is 100 Å². The Kier molecular flexibility index (Phi) is 5.62. The fourth-order valence-electron chi connectivity index (χ4n) is 5.28. The van der Waals surface area contributed by atoms with Crippen molar-refractivity contribution in [3.63, 3.8) is 0 Å². The second kappa shape index (κ2) is 8.84. The summed E-state index contributed by atoms with van der Waals surface area (Å²) < 4.78 is 13.5. The summed E-state index contributed by atoms with van der Waals surface area (Å²) in [5, 5.41) is 4.93. The van der Waals surface area contributed by atoms with Crippen LogP contribution in [0.5, 0.6) is 11.5 Å². The molecule has 6 nitrogen and oxygen atoms in total. The van der Waals surface area contributed by atoms with Gasteiger partial charge in [-0.15, -0.1) is 0 Å². The number of anilines is 1. The lowest BCUT2D eigenvalue weighted by atomic mass is 9.96. The molecule has 182 valence electrons. The number of nitrogens with zero attached hydrogens (tertiary/aromatic N) is 3. The van der Waals surface area contributed by atoms with E-state index in [1.807, 2.05) is 54.7 Å². The second-order valence-electron chi connectivity index (χ2n) is 9.08. The van der Waals surface area contributed by atoms with Crippen LogP contribution in [0.1, 0.15) is 40.3 Å². The normalized spacial score (nSPS) is 18.6. The zero-order valence-corrected chi connectivity index (χ0v) is 21.7. The number of benzene rings is 2. The minimum Gasteiger partial charge on any atom is -0.454 e. The van der Waals surface area contributed by atoms with Crippen LogP contribution in [0.2, 0.25) is 5.02 Å². The van der Waals surface area contributed by atoms with Crippen molar-refractivity contribution in [3.8, 4) is 17.2 Å². The van der Waals surface area contributed by atoms with Crippen LogP contribution in [-0.4, -0.2) is 21.5 Å². The number of hydrogen-bond donors (Lipinski definition) is 1. The minimum absolute atomic E-state index is 0.132. The first-order valence-electron chi connectivity index (χ1n) is 11.8. The third-order valence-corrected chi connectivity index (χ3v) is 7.73. The van der Waals surface area contributed by atoms with Gasteiger partial charge in [0.05, 0.1) is 17.8 Å². The van der Waals surface area contributed by atoms with E-state index in [4.69, 9.17) is 33.3 Å². The number of ether oxygens (including phenoxy) is 2. The smallest absolute Gasteiger partial charge is 0.231 e. The lowest BCUT2D eigenvalue weighted by Gasteiger charge is -2.28. The number of rotatable bonds is 4. The molecule has 0 spiro atoms. The number of fused-ring (bicyclic) bond motifs is 1. The number of pyridine rings is 1. The van der Waals surface area contributed by atoms with E-state index >= 15 is 0 Å². The molecule has 8 heteroatoms. The molecule has 2 aromatic carbocycles. The predicted molar refractivity (Wildman–Crippen MR) is 145 cm³/mol. The number of hydrogen-bond acceptors (Lipinski definition) is 4. The highest BCUT2D eigenvalue weighted by Gasteiger charge is 2.42. The standard InChI is InChI=1S/C28H25ClN4O2S/c1-16-13-20(18(3)32(16)23-9-6-7-21(29)17(23)2)27-26(22-8-4-5-12-30-22)31-28(36)33(27)19-10-11-24-25(14-19)35-15-34-24/h4-14,26-27H,15H2,1-3H3,(H,31,36)/t26-,27+/m0/s1. The number of thiocarbonyl (C=S) groups is 1. The van der Waals surface area contributed by atoms with Gasteiger partial charge in [-0.3, -0.25) is 4.98 Å². The van der Waals surface area contributed by atoms with Crippen LogP contribution in [0.3, 0.4) is 0 Å². The molecule has 4 heterocycles. The van der Waals surface area contributed by atoms with Gasteiger partial charge in [-0.05, 0) is 86.6 Å². The summed E-state index contributed by atoms with van der Waals surface area (Å²) in [6, 6.07) is 19.9. The third kappa shape index (κ3) is 3.62. The molecule has 6 rings (SSSR count). The van der Waals surface area contributed by atoms with Gasteiger partial charge in [0.25, 0.3) is 0 Å². The van der Waals surface area contributed by atoms with Crippen molar-refractivity contribution in [2.45, 2.75) is 32.9 Å². The Labute approximate surface area is 220 Å². The van der Waals surface area contributed by atoms with Crippen molar-refractivity contribution >= 4 is 34.6 Å². The van der Waals surface area contributed by atoms with Crippen molar-refractivity contribution in [1.29, 1.82) is 0 Å². The lowest BCUT2D eigenvalue weighted by molar-refractivity contribution is 0.174. The third-order valence-electron chi connectivity index (χ3n) is 7.00. The quantitative estimate of drug-likeness (QED) is 0.319. The summed E-state index contributed by atoms with van der Waals surface area (Å²) >= 11 is 12.4. The fourth-order valence-corrected chi connectivity index (χ4v) is 5.80. The molecular formula is C28H25ClN4O2S. The second-order valence-corrected chi connectivity index (χ2v) is 9.87. The number of aryl methyl sites for hydroxylation is 1. The molecule has 1 N–H and O–H groups in total. The first-order chi connectivity index (χ1) is 17.4. The molecule has 0 aliphatic carbocycles. The zero-order chi connectivity index (χ0) is 25.0. The maximum absolute atomic E-state index is 6.50. The van der Waals surface area contributed by atoms with Crippen LogP contribution < -0.4 is 19.7 Å². The molecule has 4 aromatic rings. The highest BCUT2D eigenvalue weighted by atomic mass is 35.5. The van der Waals surface area contributed by atoms with Crippen LogP contribution in [0.4, 0.5) is 5.69 Å². The zero-order valence-electron chi connectivity index (χ0n) is 20.2. The minimum atomic E-state index is -0.140. The molecular weight excluding hydrogens is 492 g/mol. The average Bonchev–Trinajstić information content (AvgIpc) is 3.56. The molecule has 0 unspecified atom stereocenters. The Balaban J connectivity index is 1.53. The van der Waals surface area contributed by atoms with Gasteiger partial charge in [-0.25, -0.2) is 0 Å². The molecule has 1 fully saturated rings. The summed E-state index contributed by atoms with van der Waals surface area (Å²) in [5.74, 6) is 1.46. The van der Waals surface area contributed by atoms with E-state index in [9.17, 15) is 0 Å². The summed E-state index contributed by atoms with van der Waals surface area (Å²) in [4.78, 5) is 6.84. The Morgan fingerprint density at radius 3 is 2.64 bits per heavy atom. The van der Waals surface area contributed by atoms with Gasteiger partial charge in [0.15, 0.2) is 16.6 Å². The van der Waals surface area contributed by atoms with Gasteiger partial charge in [0.1, 0.15) is 0 Å². The molecule has 2 aromatic heterocycles. The molecule has 0 radical (unpaired) electrons. The SMILES string of the molecule is Cc1c(Cl)cccc1-n1c(C)cc([C@@H]2[C@H](c3ccccn3)NC(=S)N2c2ccc3c(c2)OCO3)c1C. The molecule has 2 atom stereocenters. The van der Waals surface area contributed by atoms with Crippen LogP contribution in [-0.2, 0) is 0 Å². The Morgan fingerprint density at radius 1 is 1.00 bits per heavy atom. The van der Waals surface area contributed by atoms with E-state index in [0.717, 1.165) is 56.1 Å². The highest BCUT2D eigenvalue weighted by molar-refractivity contribution is 7.80. The van der Waals surface area contributed by atoms with E-state index in [0.29, 0.717) is 5.11 Å². The molecule has 0 saturated carbocycles. The first kappa shape index (κ1) is 22.9. The van der Waals surface area contributed by atoms with E-state index in [-0.39, 0.29) is 18.9 Å². The Hall–Kier alpha value is -3.55. The van der Waals surface area contributed by atoms with Crippen molar-refractivity contribution in [1.82, 2.24) is 14.9 Å². The summed E-state index contributed by atoms with van der Waals surface area (Å²) in [5.41, 5.74) is 7.38. The predicted octanol–water partition coefficient (Wildman–Crippen LogP) is 6.36. The van der Waals surface area contributed by atoms with Gasteiger partial charge < -0.3 is 24.3 Å². The van der Waals surface area contributed by atoms with Crippen LogP contribution in [0.15, 0.2) is 66.9 Å². The Morgan fingerprint density at radius 2 is 1.83 bits per heavy atom. The van der Waals surface area contributed by atoms with Gasteiger partial charge in [-0.2, -0.15) is 0 Å². The molecule has 0 amide bonds. The van der Waals surface area contributed by atoms with E-state index in [2.05, 4.69) is 52.7 Å². The summed E-state index contributed by atoms with van der Waals surface area (Å²) in [6.07, 6.45) is 1.82. The fraction of sp³-hybridized carbons (Fsp3) is 0.214. The summed E-state index contributed by atoms with van der Waals surface area (Å²) in [7, 11) is 0. The number of halogens is 1. The summed E-state index contributed by atoms with van der Waals surface area (Å²) in [6.45, 7) is 6.55. The van der Waals surface area contributed by atoms with Crippen LogP contribution in [0, 0.1) is 20.8 Å². The van der Waals surface area contributed by atoms with E-state index in [1.54, 1.807) is 0 Å². The van der Waals surface area contributed by atoms with Crippen molar-refractivity contribution in [2.75, 3.05) is 11.7 Å². The first-order valence-corrected chi connectivity index (χ1v) is 12.6. The number of aromatic nitrogens is 2. The monoisotopic (exact) mass is 516 g/mol. The average molecular weight is 517 g/mol. The van der Waals surface area contributed by atoms with Gasteiger partial charge in [0.2, 0.25) is 6.79 Å². The molecule has 2 aliphatic rings. The van der Waals surface area contributed by atoms with Gasteiger partial charge in [-0.1, -0.05) is 23.7 Å². The van der Waals surface area contributed by atoms with Crippen LogP contribution >= 0.6 is 23.8 Å². The van der Waals surface area contributed by atoms with E-state index < -0.39 is 0 Å². The van der Waals surface area contributed by atoms with Crippen molar-refractivity contribution in [2.24, 2.45) is 0 Å². The largest absolute Gasteiger partial charge is 0.454 e. The number of nitrogens with one attached hydrogen (secondary N) is 1. The maximum atomic E-state index is 6.50. The molecule has 0 bridgehead atoms. The maximum Gasteiger partial charge on any atom is 0.231 e. The van der Waals surface area contributed by atoms with E-state index in [1.165, 1.54) is 0 Å². The van der Waals surface area contributed by atoms with Crippen LogP contribution in [0.25, 0.3) is 5.69 Å².